The molecule has 0 saturated carbocycles. The first kappa shape index (κ1) is 9.21. The zero-order valence-corrected chi connectivity index (χ0v) is 7.97. The molecule has 0 radical (unpaired) electrons. The van der Waals surface area contributed by atoms with E-state index in [1.807, 2.05) is 0 Å². The minimum atomic E-state index is -0.482. The Balaban J connectivity index is 2.20. The summed E-state index contributed by atoms with van der Waals surface area (Å²) >= 11 is 0. The lowest BCUT2D eigenvalue weighted by molar-refractivity contribution is 0.383. The Labute approximate surface area is 80.5 Å². The monoisotopic (exact) mass is 196 g/mol. The highest BCUT2D eigenvalue weighted by Crippen LogP contribution is 2.13. The van der Waals surface area contributed by atoms with Crippen molar-refractivity contribution in [3.63, 3.8) is 0 Å². The third kappa shape index (κ3) is 1.77. The van der Waals surface area contributed by atoms with Gasteiger partial charge in [0.15, 0.2) is 0 Å². The Hall–Kier alpha value is -1.36. The van der Waals surface area contributed by atoms with E-state index in [2.05, 4.69) is 0 Å². The lowest BCUT2D eigenvalue weighted by Crippen LogP contribution is -2.39. The summed E-state index contributed by atoms with van der Waals surface area (Å²) < 4.78 is 7.74. The number of rotatable bonds is 3. The number of nitrogens with zero attached hydrogens (tertiary/aromatic N) is 2. The Morgan fingerprint density at radius 2 is 2.14 bits per heavy atom. The molecule has 2 heterocycles. The number of ether oxygens (including phenoxy) is 1. The summed E-state index contributed by atoms with van der Waals surface area (Å²) in [5.41, 5.74) is -0.945. The Morgan fingerprint density at radius 3 is 2.79 bits per heavy atom. The minimum Gasteiger partial charge on any atom is -0.373 e. The highest BCUT2D eigenvalue weighted by atomic mass is 16.6. The number of hydrogen-bond donors (Lipinski definition) is 0. The quantitative estimate of drug-likeness (QED) is 0.476. The molecular weight excluding hydrogens is 184 g/mol. The highest BCUT2D eigenvalue weighted by molar-refractivity contribution is 4.85. The van der Waals surface area contributed by atoms with E-state index in [1.165, 1.54) is 9.13 Å². The van der Waals surface area contributed by atoms with Crippen LogP contribution in [0, 0.1) is 0 Å². The topological polar surface area (TPSA) is 56.5 Å². The molecule has 0 N–H and O–H groups in total. The second-order valence-corrected chi connectivity index (χ2v) is 3.46. The predicted molar refractivity (Wildman–Crippen MR) is 50.3 cm³/mol. The largest absolute Gasteiger partial charge is 0.373 e. The normalized spacial score (nSPS) is 19.6. The summed E-state index contributed by atoms with van der Waals surface area (Å²) in [6, 6.07) is 0. The van der Waals surface area contributed by atoms with Crippen LogP contribution in [0.5, 0.6) is 0 Å². The standard InChI is InChI=1S/C9H12N2O3/c1-10-4-5-11(9(13)8(10)12)3-2-7-6-14-7/h4-5,7H,2-3,6H2,1H3. The van der Waals surface area contributed by atoms with Crippen molar-refractivity contribution in [1.82, 2.24) is 9.13 Å². The Kier molecular flexibility index (Phi) is 2.25. The molecule has 0 amide bonds. The van der Waals surface area contributed by atoms with Crippen LogP contribution >= 0.6 is 0 Å². The van der Waals surface area contributed by atoms with Crippen LogP contribution < -0.4 is 11.1 Å². The SMILES string of the molecule is Cn1ccn(CCC2CO2)c(=O)c1=O. The number of epoxide rings is 1. The average Bonchev–Trinajstić information content (AvgIpc) is 2.97. The molecule has 0 spiro atoms. The fourth-order valence-corrected chi connectivity index (χ4v) is 1.28. The van der Waals surface area contributed by atoms with Crippen LogP contribution in [-0.4, -0.2) is 21.8 Å². The molecule has 14 heavy (non-hydrogen) atoms. The van der Waals surface area contributed by atoms with Crippen LogP contribution in [0.1, 0.15) is 6.42 Å². The van der Waals surface area contributed by atoms with E-state index in [4.69, 9.17) is 4.74 Å². The summed E-state index contributed by atoms with van der Waals surface area (Å²) in [6.07, 6.45) is 4.31. The summed E-state index contributed by atoms with van der Waals surface area (Å²) in [6.45, 7) is 1.33. The van der Waals surface area contributed by atoms with Gasteiger partial charge in [-0.25, -0.2) is 0 Å². The molecule has 76 valence electrons. The Morgan fingerprint density at radius 1 is 1.43 bits per heavy atom. The first-order chi connectivity index (χ1) is 6.68. The van der Waals surface area contributed by atoms with Gasteiger partial charge >= 0.3 is 11.1 Å². The van der Waals surface area contributed by atoms with Crippen LogP contribution in [-0.2, 0) is 18.3 Å². The maximum atomic E-state index is 11.4. The molecule has 0 bridgehead atoms. The summed E-state index contributed by atoms with van der Waals surface area (Å²) in [5, 5.41) is 0. The first-order valence-electron chi connectivity index (χ1n) is 4.56. The van der Waals surface area contributed by atoms with E-state index in [-0.39, 0.29) is 6.10 Å². The molecule has 1 atom stereocenters. The molecule has 0 aromatic carbocycles. The lowest BCUT2D eigenvalue weighted by atomic mass is 10.3. The van der Waals surface area contributed by atoms with Gasteiger partial charge in [-0.05, 0) is 6.42 Å². The van der Waals surface area contributed by atoms with E-state index < -0.39 is 11.1 Å². The molecule has 5 heteroatoms. The molecule has 1 aromatic rings. The van der Waals surface area contributed by atoms with Crippen LogP contribution in [0.4, 0.5) is 0 Å². The van der Waals surface area contributed by atoms with Gasteiger partial charge in [0.25, 0.3) is 0 Å². The maximum absolute atomic E-state index is 11.4. The van der Waals surface area contributed by atoms with Gasteiger partial charge in [0, 0.05) is 26.0 Å². The third-order valence-electron chi connectivity index (χ3n) is 2.33. The second kappa shape index (κ2) is 3.42. The van der Waals surface area contributed by atoms with Crippen LogP contribution in [0.3, 0.4) is 0 Å². The van der Waals surface area contributed by atoms with E-state index in [9.17, 15) is 9.59 Å². The summed E-state index contributed by atoms with van der Waals surface area (Å²) in [7, 11) is 1.57. The first-order valence-corrected chi connectivity index (χ1v) is 4.56. The number of aryl methyl sites for hydroxylation is 2. The van der Waals surface area contributed by atoms with E-state index in [1.54, 1.807) is 19.4 Å². The fourth-order valence-electron chi connectivity index (χ4n) is 1.28. The molecule has 1 fully saturated rings. The smallest absolute Gasteiger partial charge is 0.316 e. The van der Waals surface area contributed by atoms with Crippen molar-refractivity contribution in [2.75, 3.05) is 6.61 Å². The number of aromatic nitrogens is 2. The van der Waals surface area contributed by atoms with Gasteiger partial charge in [-0.1, -0.05) is 0 Å². The second-order valence-electron chi connectivity index (χ2n) is 3.46. The minimum absolute atomic E-state index is 0.283. The van der Waals surface area contributed by atoms with Crippen molar-refractivity contribution < 1.29 is 4.74 Å². The fraction of sp³-hybridized carbons (Fsp3) is 0.556. The van der Waals surface area contributed by atoms with Gasteiger partial charge in [0.05, 0.1) is 12.7 Å². The third-order valence-corrected chi connectivity index (χ3v) is 2.33. The van der Waals surface area contributed by atoms with Gasteiger partial charge < -0.3 is 13.9 Å². The molecule has 0 aliphatic carbocycles. The van der Waals surface area contributed by atoms with Crippen molar-refractivity contribution in [1.29, 1.82) is 0 Å². The lowest BCUT2D eigenvalue weighted by Gasteiger charge is -2.03. The molecular formula is C9H12N2O3. The molecule has 1 aliphatic heterocycles. The van der Waals surface area contributed by atoms with Gasteiger partial charge in [-0.2, -0.15) is 0 Å². The molecule has 1 aliphatic rings. The van der Waals surface area contributed by atoms with Crippen molar-refractivity contribution in [3.8, 4) is 0 Å². The molecule has 2 rings (SSSR count). The molecule has 1 unspecified atom stereocenters. The van der Waals surface area contributed by atoms with Crippen molar-refractivity contribution in [3.05, 3.63) is 33.1 Å². The maximum Gasteiger partial charge on any atom is 0.316 e. The van der Waals surface area contributed by atoms with Gasteiger partial charge in [0.2, 0.25) is 0 Å². The van der Waals surface area contributed by atoms with E-state index >= 15 is 0 Å². The summed E-state index contributed by atoms with van der Waals surface area (Å²) in [5.74, 6) is 0. The van der Waals surface area contributed by atoms with Gasteiger partial charge in [-0.3, -0.25) is 9.59 Å². The van der Waals surface area contributed by atoms with Gasteiger partial charge in [0.1, 0.15) is 0 Å². The van der Waals surface area contributed by atoms with Crippen LogP contribution in [0.2, 0.25) is 0 Å². The zero-order valence-electron chi connectivity index (χ0n) is 7.97. The highest BCUT2D eigenvalue weighted by Gasteiger charge is 2.21. The van der Waals surface area contributed by atoms with Crippen molar-refractivity contribution in [2.45, 2.75) is 19.1 Å². The van der Waals surface area contributed by atoms with E-state index in [0.29, 0.717) is 6.54 Å². The number of hydrogen-bond acceptors (Lipinski definition) is 3. The van der Waals surface area contributed by atoms with E-state index in [0.717, 1.165) is 13.0 Å². The molecule has 5 nitrogen and oxygen atoms in total. The van der Waals surface area contributed by atoms with Crippen molar-refractivity contribution in [2.24, 2.45) is 7.05 Å². The molecule has 1 aromatic heterocycles. The predicted octanol–water partition coefficient (Wildman–Crippen LogP) is -0.664. The zero-order chi connectivity index (χ0) is 10.1. The van der Waals surface area contributed by atoms with Crippen LogP contribution in [0.15, 0.2) is 22.0 Å². The van der Waals surface area contributed by atoms with Crippen molar-refractivity contribution >= 4 is 0 Å². The summed E-state index contributed by atoms with van der Waals surface area (Å²) in [4.78, 5) is 22.7. The average molecular weight is 196 g/mol. The molecule has 1 saturated heterocycles. The Bertz CT molecular complexity index is 442. The van der Waals surface area contributed by atoms with Gasteiger partial charge in [-0.15, -0.1) is 0 Å². The van der Waals surface area contributed by atoms with Crippen LogP contribution in [0.25, 0.3) is 0 Å².